The van der Waals surface area contributed by atoms with Gasteiger partial charge >= 0.3 is 6.03 Å². The number of benzene rings is 1. The second-order valence-corrected chi connectivity index (χ2v) is 5.00. The van der Waals surface area contributed by atoms with E-state index in [0.717, 1.165) is 6.07 Å². The van der Waals surface area contributed by atoms with Crippen molar-refractivity contribution in [2.75, 3.05) is 25.1 Å². The van der Waals surface area contributed by atoms with Gasteiger partial charge in [0.15, 0.2) is 0 Å². The van der Waals surface area contributed by atoms with Gasteiger partial charge in [0.05, 0.1) is 11.3 Å². The largest absolute Gasteiger partial charge is 0.381 e. The highest BCUT2D eigenvalue weighted by Crippen LogP contribution is 2.15. The van der Waals surface area contributed by atoms with Crippen LogP contribution in [0, 0.1) is 23.1 Å². The summed E-state index contributed by atoms with van der Waals surface area (Å²) in [5.74, 6) is -0.0241. The lowest BCUT2D eigenvalue weighted by Gasteiger charge is -2.10. The minimum atomic E-state index is -0.514. The first-order valence-electron chi connectivity index (χ1n) is 6.85. The summed E-state index contributed by atoms with van der Waals surface area (Å²) in [5, 5.41) is 14.0. The van der Waals surface area contributed by atoms with E-state index in [1.54, 1.807) is 0 Å². The molecule has 5 nitrogen and oxygen atoms in total. The van der Waals surface area contributed by atoms with Crippen molar-refractivity contribution >= 4 is 11.7 Å². The van der Waals surface area contributed by atoms with Gasteiger partial charge in [0.25, 0.3) is 0 Å². The summed E-state index contributed by atoms with van der Waals surface area (Å²) in [4.78, 5) is 11.6. The maximum Gasteiger partial charge on any atom is 0.319 e. The van der Waals surface area contributed by atoms with Gasteiger partial charge in [-0.1, -0.05) is 13.8 Å². The Labute approximate surface area is 124 Å². The number of carbonyl (C=O) groups excluding carboxylic acids is 1. The summed E-state index contributed by atoms with van der Waals surface area (Å²) < 4.78 is 18.3. The van der Waals surface area contributed by atoms with E-state index in [1.165, 1.54) is 12.1 Å². The smallest absolute Gasteiger partial charge is 0.319 e. The number of nitrogens with zero attached hydrogens (tertiary/aromatic N) is 1. The van der Waals surface area contributed by atoms with Crippen LogP contribution in [0.25, 0.3) is 0 Å². The van der Waals surface area contributed by atoms with E-state index in [2.05, 4.69) is 24.5 Å². The van der Waals surface area contributed by atoms with Crippen molar-refractivity contribution in [1.82, 2.24) is 5.32 Å². The van der Waals surface area contributed by atoms with Crippen LogP contribution in [0.4, 0.5) is 14.9 Å². The number of ether oxygens (including phenoxy) is 1. The average molecular weight is 293 g/mol. The van der Waals surface area contributed by atoms with E-state index in [4.69, 9.17) is 10.00 Å². The van der Waals surface area contributed by atoms with Gasteiger partial charge in [0.2, 0.25) is 0 Å². The molecule has 0 spiro atoms. The molecule has 1 aromatic carbocycles. The molecular weight excluding hydrogens is 273 g/mol. The SMILES string of the molecule is CC(C)COCCCNC(=O)Nc1ccc(F)cc1C#N. The molecule has 0 unspecified atom stereocenters. The van der Waals surface area contributed by atoms with Crippen LogP contribution in [0.2, 0.25) is 0 Å². The number of urea groups is 1. The molecule has 2 amide bonds. The summed E-state index contributed by atoms with van der Waals surface area (Å²) in [6.07, 6.45) is 0.703. The predicted molar refractivity (Wildman–Crippen MR) is 78.4 cm³/mol. The lowest BCUT2D eigenvalue weighted by molar-refractivity contribution is 0.108. The Morgan fingerprint density at radius 1 is 1.48 bits per heavy atom. The summed E-state index contributed by atoms with van der Waals surface area (Å²) in [6.45, 7) is 5.89. The molecule has 1 aromatic rings. The van der Waals surface area contributed by atoms with Crippen LogP contribution in [0.5, 0.6) is 0 Å². The Kier molecular flexibility index (Phi) is 7.19. The van der Waals surface area contributed by atoms with Crippen molar-refractivity contribution < 1.29 is 13.9 Å². The van der Waals surface area contributed by atoms with Crippen molar-refractivity contribution in [3.63, 3.8) is 0 Å². The molecule has 0 atom stereocenters. The first kappa shape index (κ1) is 16.9. The number of nitriles is 1. The summed E-state index contributed by atoms with van der Waals surface area (Å²) in [5.41, 5.74) is 0.373. The molecule has 0 bridgehead atoms. The van der Waals surface area contributed by atoms with E-state index in [-0.39, 0.29) is 11.3 Å². The summed E-state index contributed by atoms with van der Waals surface area (Å²) >= 11 is 0. The third-order valence-electron chi connectivity index (χ3n) is 2.55. The average Bonchev–Trinajstić information content (AvgIpc) is 2.44. The molecule has 21 heavy (non-hydrogen) atoms. The third-order valence-corrected chi connectivity index (χ3v) is 2.55. The number of nitrogens with one attached hydrogen (secondary N) is 2. The zero-order valence-electron chi connectivity index (χ0n) is 12.3. The van der Waals surface area contributed by atoms with E-state index in [9.17, 15) is 9.18 Å². The highest BCUT2D eigenvalue weighted by atomic mass is 19.1. The maximum atomic E-state index is 13.0. The van der Waals surface area contributed by atoms with Crippen molar-refractivity contribution in [3.8, 4) is 6.07 Å². The second kappa shape index (κ2) is 8.93. The number of rotatable bonds is 7. The van der Waals surface area contributed by atoms with Crippen molar-refractivity contribution in [3.05, 3.63) is 29.6 Å². The van der Waals surface area contributed by atoms with Gasteiger partial charge in [-0.15, -0.1) is 0 Å². The minimum Gasteiger partial charge on any atom is -0.381 e. The van der Waals surface area contributed by atoms with Crippen LogP contribution in [-0.2, 0) is 4.74 Å². The van der Waals surface area contributed by atoms with Gasteiger partial charge < -0.3 is 15.4 Å². The van der Waals surface area contributed by atoms with E-state index in [1.807, 2.05) is 6.07 Å². The second-order valence-electron chi connectivity index (χ2n) is 5.00. The lowest BCUT2D eigenvalue weighted by atomic mass is 10.2. The fraction of sp³-hybridized carbons (Fsp3) is 0.467. The molecule has 0 aromatic heterocycles. The molecule has 0 aliphatic heterocycles. The van der Waals surface area contributed by atoms with Crippen molar-refractivity contribution in [2.24, 2.45) is 5.92 Å². The predicted octanol–water partition coefficient (Wildman–Crippen LogP) is 2.88. The standard InChI is InChI=1S/C15H20FN3O2/c1-11(2)10-21-7-3-6-18-15(20)19-14-5-4-13(16)8-12(14)9-17/h4-5,8,11H,3,6-7,10H2,1-2H3,(H2,18,19,20). The van der Waals surface area contributed by atoms with Gasteiger partial charge in [0.1, 0.15) is 11.9 Å². The quantitative estimate of drug-likeness (QED) is 0.759. The zero-order valence-corrected chi connectivity index (χ0v) is 12.3. The van der Waals surface area contributed by atoms with Crippen LogP contribution in [0.15, 0.2) is 18.2 Å². The molecule has 0 heterocycles. The highest BCUT2D eigenvalue weighted by molar-refractivity contribution is 5.90. The molecule has 0 saturated heterocycles. The molecule has 6 heteroatoms. The number of hydrogen-bond donors (Lipinski definition) is 2. The molecule has 0 aliphatic carbocycles. The monoisotopic (exact) mass is 293 g/mol. The van der Waals surface area contributed by atoms with Crippen molar-refractivity contribution in [2.45, 2.75) is 20.3 Å². The van der Waals surface area contributed by atoms with Crippen LogP contribution in [0.3, 0.4) is 0 Å². The molecule has 0 aliphatic rings. The van der Waals surface area contributed by atoms with Gasteiger partial charge in [-0.25, -0.2) is 9.18 Å². The van der Waals surface area contributed by atoms with Gasteiger partial charge in [-0.2, -0.15) is 5.26 Å². The molecule has 0 fully saturated rings. The van der Waals surface area contributed by atoms with E-state index in [0.29, 0.717) is 32.1 Å². The van der Waals surface area contributed by atoms with Crippen LogP contribution < -0.4 is 10.6 Å². The van der Waals surface area contributed by atoms with E-state index < -0.39 is 11.8 Å². The molecule has 114 valence electrons. The minimum absolute atomic E-state index is 0.0883. The maximum absolute atomic E-state index is 13.0. The van der Waals surface area contributed by atoms with E-state index >= 15 is 0 Å². The summed E-state index contributed by atoms with van der Waals surface area (Å²) in [7, 11) is 0. The van der Waals surface area contributed by atoms with Crippen LogP contribution in [0.1, 0.15) is 25.8 Å². The molecule has 1 rings (SSSR count). The Hall–Kier alpha value is -2.13. The third kappa shape index (κ3) is 6.72. The topological polar surface area (TPSA) is 74.2 Å². The number of carbonyl (C=O) groups is 1. The lowest BCUT2D eigenvalue weighted by Crippen LogP contribution is -2.30. The Balaban J connectivity index is 2.30. The fourth-order valence-electron chi connectivity index (χ4n) is 1.58. The Morgan fingerprint density at radius 3 is 2.90 bits per heavy atom. The van der Waals surface area contributed by atoms with Crippen molar-refractivity contribution in [1.29, 1.82) is 5.26 Å². The molecular formula is C15H20FN3O2. The molecule has 0 saturated carbocycles. The fourth-order valence-corrected chi connectivity index (χ4v) is 1.58. The first-order chi connectivity index (χ1) is 10.0. The number of anilines is 1. The first-order valence-corrected chi connectivity index (χ1v) is 6.85. The van der Waals surface area contributed by atoms with Crippen LogP contribution >= 0.6 is 0 Å². The van der Waals surface area contributed by atoms with Crippen LogP contribution in [-0.4, -0.2) is 25.8 Å². The molecule has 2 N–H and O–H groups in total. The number of amides is 2. The Morgan fingerprint density at radius 2 is 2.24 bits per heavy atom. The van der Waals surface area contributed by atoms with Gasteiger partial charge in [0, 0.05) is 19.8 Å². The summed E-state index contributed by atoms with van der Waals surface area (Å²) in [6, 6.07) is 5.03. The zero-order chi connectivity index (χ0) is 15.7. The highest BCUT2D eigenvalue weighted by Gasteiger charge is 2.07. The normalized spacial score (nSPS) is 10.2. The van der Waals surface area contributed by atoms with Gasteiger partial charge in [-0.05, 0) is 30.5 Å². The number of hydrogen-bond acceptors (Lipinski definition) is 3. The van der Waals surface area contributed by atoms with Gasteiger partial charge in [-0.3, -0.25) is 0 Å². The Bertz CT molecular complexity index is 512. The molecule has 0 radical (unpaired) electrons. The number of halogens is 1.